The van der Waals surface area contributed by atoms with Crippen LogP contribution in [0.5, 0.6) is 0 Å². The van der Waals surface area contributed by atoms with Gasteiger partial charge in [0.2, 0.25) is 5.91 Å². The van der Waals surface area contributed by atoms with Gasteiger partial charge in [0.25, 0.3) is 5.91 Å². The topological polar surface area (TPSA) is 90.5 Å². The van der Waals surface area contributed by atoms with E-state index >= 15 is 0 Å². The Hall–Kier alpha value is -3.00. The van der Waals surface area contributed by atoms with Gasteiger partial charge < -0.3 is 20.4 Å². The van der Waals surface area contributed by atoms with Crippen LogP contribution in [0.4, 0.5) is 17.2 Å². The van der Waals surface area contributed by atoms with Crippen molar-refractivity contribution in [3.05, 3.63) is 42.1 Å². The van der Waals surface area contributed by atoms with Crippen LogP contribution in [0.25, 0.3) is 0 Å². The van der Waals surface area contributed by atoms with Crippen LogP contribution < -0.4 is 15.5 Å². The van der Waals surface area contributed by atoms with Gasteiger partial charge in [0.05, 0.1) is 0 Å². The van der Waals surface area contributed by atoms with E-state index < -0.39 is 0 Å². The Morgan fingerprint density at radius 1 is 0.962 bits per heavy atom. The SMILES string of the molecule is CC(=O)Nc1cccc(NC(=O)c2ccc(N3CCN(C)CC3)nn2)c1. The predicted octanol–water partition coefficient (Wildman–Crippen LogP) is 1.44. The standard InChI is InChI=1S/C18H22N6O2/c1-13(25)19-14-4-3-5-15(12-14)20-18(26)16-6-7-17(22-21-16)24-10-8-23(2)9-11-24/h3-7,12H,8-11H2,1-2H3,(H,19,25)(H,20,26). The van der Waals surface area contributed by atoms with Crippen LogP contribution in [0, 0.1) is 0 Å². The fourth-order valence-electron chi connectivity index (χ4n) is 2.72. The van der Waals surface area contributed by atoms with Gasteiger partial charge >= 0.3 is 0 Å². The van der Waals surface area contributed by atoms with E-state index in [-0.39, 0.29) is 17.5 Å². The second kappa shape index (κ2) is 7.92. The van der Waals surface area contributed by atoms with Crippen LogP contribution in [-0.2, 0) is 4.79 Å². The van der Waals surface area contributed by atoms with Gasteiger partial charge in [-0.15, -0.1) is 10.2 Å². The number of likely N-dealkylation sites (N-methyl/N-ethyl adjacent to an activating group) is 1. The summed E-state index contributed by atoms with van der Waals surface area (Å²) >= 11 is 0. The quantitative estimate of drug-likeness (QED) is 0.863. The zero-order valence-corrected chi connectivity index (χ0v) is 14.9. The van der Waals surface area contributed by atoms with Gasteiger partial charge in [-0.05, 0) is 37.4 Å². The van der Waals surface area contributed by atoms with Crippen molar-refractivity contribution in [2.75, 3.05) is 48.8 Å². The fourth-order valence-corrected chi connectivity index (χ4v) is 2.72. The van der Waals surface area contributed by atoms with E-state index in [0.29, 0.717) is 11.4 Å². The molecule has 0 saturated carbocycles. The van der Waals surface area contributed by atoms with Gasteiger partial charge in [0.15, 0.2) is 11.5 Å². The van der Waals surface area contributed by atoms with Crippen LogP contribution in [0.3, 0.4) is 0 Å². The van der Waals surface area contributed by atoms with E-state index in [4.69, 9.17) is 0 Å². The van der Waals surface area contributed by atoms with E-state index in [9.17, 15) is 9.59 Å². The van der Waals surface area contributed by atoms with Crippen molar-refractivity contribution in [3.63, 3.8) is 0 Å². The summed E-state index contributed by atoms with van der Waals surface area (Å²) in [4.78, 5) is 27.9. The Kier molecular flexibility index (Phi) is 5.43. The zero-order chi connectivity index (χ0) is 18.5. The molecule has 2 heterocycles. The Morgan fingerprint density at radius 2 is 1.65 bits per heavy atom. The van der Waals surface area contributed by atoms with Crippen LogP contribution in [0.1, 0.15) is 17.4 Å². The van der Waals surface area contributed by atoms with Gasteiger partial charge in [-0.2, -0.15) is 0 Å². The Morgan fingerprint density at radius 3 is 2.27 bits per heavy atom. The molecule has 2 aromatic rings. The summed E-state index contributed by atoms with van der Waals surface area (Å²) in [5.74, 6) is 0.267. The van der Waals surface area contributed by atoms with E-state index in [0.717, 1.165) is 32.0 Å². The molecule has 136 valence electrons. The number of piperazine rings is 1. The first-order valence-corrected chi connectivity index (χ1v) is 8.47. The molecule has 1 aromatic heterocycles. The molecular formula is C18H22N6O2. The van der Waals surface area contributed by atoms with Gasteiger partial charge in [-0.1, -0.05) is 6.07 Å². The normalized spacial score (nSPS) is 14.8. The van der Waals surface area contributed by atoms with Crippen molar-refractivity contribution in [1.29, 1.82) is 0 Å². The number of nitrogens with one attached hydrogen (secondary N) is 2. The average molecular weight is 354 g/mol. The first-order valence-electron chi connectivity index (χ1n) is 8.47. The van der Waals surface area contributed by atoms with Crippen molar-refractivity contribution in [2.45, 2.75) is 6.92 Å². The summed E-state index contributed by atoms with van der Waals surface area (Å²) in [7, 11) is 2.09. The minimum absolute atomic E-state index is 0.168. The van der Waals surface area contributed by atoms with Crippen molar-refractivity contribution in [1.82, 2.24) is 15.1 Å². The summed E-state index contributed by atoms with van der Waals surface area (Å²) in [6.07, 6.45) is 0. The molecule has 2 N–H and O–H groups in total. The summed E-state index contributed by atoms with van der Waals surface area (Å²) in [6, 6.07) is 10.4. The number of carbonyl (C=O) groups is 2. The largest absolute Gasteiger partial charge is 0.353 e. The minimum Gasteiger partial charge on any atom is -0.353 e. The number of hydrogen-bond donors (Lipinski definition) is 2. The molecule has 0 radical (unpaired) electrons. The fraction of sp³-hybridized carbons (Fsp3) is 0.333. The van der Waals surface area contributed by atoms with Crippen molar-refractivity contribution in [3.8, 4) is 0 Å². The number of benzene rings is 1. The highest BCUT2D eigenvalue weighted by Gasteiger charge is 2.16. The lowest BCUT2D eigenvalue weighted by Crippen LogP contribution is -2.44. The summed E-state index contributed by atoms with van der Waals surface area (Å²) in [6.45, 7) is 5.19. The van der Waals surface area contributed by atoms with Crippen LogP contribution in [-0.4, -0.2) is 60.1 Å². The third kappa shape index (κ3) is 4.54. The molecule has 26 heavy (non-hydrogen) atoms. The smallest absolute Gasteiger partial charge is 0.276 e. The number of amides is 2. The lowest BCUT2D eigenvalue weighted by Gasteiger charge is -2.32. The zero-order valence-electron chi connectivity index (χ0n) is 14.9. The molecule has 0 spiro atoms. The second-order valence-corrected chi connectivity index (χ2v) is 6.28. The van der Waals surface area contributed by atoms with Crippen molar-refractivity contribution >= 4 is 29.0 Å². The Balaban J connectivity index is 1.64. The molecule has 0 bridgehead atoms. The number of anilines is 3. The molecule has 3 rings (SSSR count). The molecule has 8 nitrogen and oxygen atoms in total. The maximum absolute atomic E-state index is 12.4. The van der Waals surface area contributed by atoms with Gasteiger partial charge in [0, 0.05) is 44.5 Å². The molecule has 2 amide bonds. The summed E-state index contributed by atoms with van der Waals surface area (Å²) < 4.78 is 0. The highest BCUT2D eigenvalue weighted by atomic mass is 16.2. The van der Waals surface area contributed by atoms with Crippen molar-refractivity contribution in [2.24, 2.45) is 0 Å². The molecular weight excluding hydrogens is 332 g/mol. The Labute approximate surface area is 152 Å². The maximum atomic E-state index is 12.4. The lowest BCUT2D eigenvalue weighted by molar-refractivity contribution is -0.114. The third-order valence-electron chi connectivity index (χ3n) is 4.15. The van der Waals surface area contributed by atoms with Gasteiger partial charge in [0.1, 0.15) is 0 Å². The molecule has 8 heteroatoms. The minimum atomic E-state index is -0.345. The molecule has 0 aliphatic carbocycles. The molecule has 0 atom stereocenters. The molecule has 1 aromatic carbocycles. The summed E-state index contributed by atoms with van der Waals surface area (Å²) in [5.41, 5.74) is 1.44. The molecule has 1 aliphatic heterocycles. The lowest BCUT2D eigenvalue weighted by atomic mass is 10.2. The van der Waals surface area contributed by atoms with E-state index in [1.807, 2.05) is 6.07 Å². The first kappa shape index (κ1) is 17.8. The predicted molar refractivity (Wildman–Crippen MR) is 100 cm³/mol. The van der Waals surface area contributed by atoms with Gasteiger partial charge in [-0.25, -0.2) is 0 Å². The highest BCUT2D eigenvalue weighted by Crippen LogP contribution is 2.16. The average Bonchev–Trinajstić information content (AvgIpc) is 2.62. The number of carbonyl (C=O) groups excluding carboxylic acids is 2. The number of nitrogens with zero attached hydrogens (tertiary/aromatic N) is 4. The first-order chi connectivity index (χ1) is 12.5. The van der Waals surface area contributed by atoms with Crippen LogP contribution in [0.15, 0.2) is 36.4 Å². The highest BCUT2D eigenvalue weighted by molar-refractivity contribution is 6.03. The van der Waals surface area contributed by atoms with Crippen LogP contribution in [0.2, 0.25) is 0 Å². The Bertz CT molecular complexity index is 785. The number of aromatic nitrogens is 2. The second-order valence-electron chi connectivity index (χ2n) is 6.28. The van der Waals surface area contributed by atoms with E-state index in [1.54, 1.807) is 30.3 Å². The molecule has 1 saturated heterocycles. The van der Waals surface area contributed by atoms with Crippen LogP contribution >= 0.6 is 0 Å². The molecule has 1 aliphatic rings. The molecule has 0 unspecified atom stereocenters. The monoisotopic (exact) mass is 354 g/mol. The van der Waals surface area contributed by atoms with E-state index in [1.165, 1.54) is 6.92 Å². The number of rotatable bonds is 4. The van der Waals surface area contributed by atoms with Crippen molar-refractivity contribution < 1.29 is 9.59 Å². The van der Waals surface area contributed by atoms with E-state index in [2.05, 4.69) is 37.7 Å². The third-order valence-corrected chi connectivity index (χ3v) is 4.15. The van der Waals surface area contributed by atoms with Gasteiger partial charge in [-0.3, -0.25) is 9.59 Å². The maximum Gasteiger partial charge on any atom is 0.276 e. The number of hydrogen-bond acceptors (Lipinski definition) is 6. The molecule has 1 fully saturated rings. The summed E-state index contributed by atoms with van der Waals surface area (Å²) in [5, 5.41) is 13.7.